The van der Waals surface area contributed by atoms with Gasteiger partial charge in [0.25, 0.3) is 0 Å². The van der Waals surface area contributed by atoms with Crippen LogP contribution in [0, 0.1) is 0 Å². The highest BCUT2D eigenvalue weighted by atomic mass is 32.2. The van der Waals surface area contributed by atoms with Gasteiger partial charge in [-0.05, 0) is 12.1 Å². The summed E-state index contributed by atoms with van der Waals surface area (Å²) in [6.07, 6.45) is 0. The molecule has 96 valence electrons. The SMILES string of the molecule is COc1cccc(N2CC(C(=O)O)SCC2=O)c1. The molecule has 0 saturated carbocycles. The summed E-state index contributed by atoms with van der Waals surface area (Å²) in [4.78, 5) is 24.3. The third-order valence-electron chi connectivity index (χ3n) is 2.70. The second kappa shape index (κ2) is 5.30. The Kier molecular flexibility index (Phi) is 3.76. The maximum atomic E-state index is 11.8. The molecule has 1 amide bonds. The van der Waals surface area contributed by atoms with E-state index in [4.69, 9.17) is 9.84 Å². The number of methoxy groups -OCH3 is 1. The minimum Gasteiger partial charge on any atom is -0.497 e. The number of aliphatic carboxylic acids is 1. The van der Waals surface area contributed by atoms with E-state index in [0.29, 0.717) is 11.4 Å². The van der Waals surface area contributed by atoms with Gasteiger partial charge in [0.2, 0.25) is 5.91 Å². The summed E-state index contributed by atoms with van der Waals surface area (Å²) in [5, 5.41) is 8.43. The van der Waals surface area contributed by atoms with E-state index in [0.717, 1.165) is 0 Å². The molecule has 1 unspecified atom stereocenters. The molecule has 1 aromatic rings. The van der Waals surface area contributed by atoms with Gasteiger partial charge in [-0.25, -0.2) is 0 Å². The molecule has 18 heavy (non-hydrogen) atoms. The summed E-state index contributed by atoms with van der Waals surface area (Å²) >= 11 is 1.17. The predicted molar refractivity (Wildman–Crippen MR) is 69.2 cm³/mol. The molecule has 2 rings (SSSR count). The standard InChI is InChI=1S/C12H13NO4S/c1-17-9-4-2-3-8(5-9)13-6-10(12(15)16)18-7-11(13)14/h2-5,10H,6-7H2,1H3,(H,15,16). The molecule has 1 heterocycles. The number of nitrogens with zero attached hydrogens (tertiary/aromatic N) is 1. The fourth-order valence-corrected chi connectivity index (χ4v) is 2.64. The zero-order valence-electron chi connectivity index (χ0n) is 9.83. The lowest BCUT2D eigenvalue weighted by Gasteiger charge is -2.30. The zero-order valence-corrected chi connectivity index (χ0v) is 10.6. The molecule has 0 radical (unpaired) electrons. The van der Waals surface area contributed by atoms with Crippen LogP contribution in [0.25, 0.3) is 0 Å². The van der Waals surface area contributed by atoms with Crippen LogP contribution in [0.15, 0.2) is 24.3 Å². The Hall–Kier alpha value is -1.69. The van der Waals surface area contributed by atoms with E-state index in [-0.39, 0.29) is 18.2 Å². The van der Waals surface area contributed by atoms with Crippen molar-refractivity contribution in [3.63, 3.8) is 0 Å². The van der Waals surface area contributed by atoms with E-state index in [9.17, 15) is 9.59 Å². The van der Waals surface area contributed by atoms with Crippen LogP contribution in [-0.2, 0) is 9.59 Å². The summed E-state index contributed by atoms with van der Waals surface area (Å²) in [6, 6.07) is 7.06. The van der Waals surface area contributed by atoms with E-state index < -0.39 is 11.2 Å². The van der Waals surface area contributed by atoms with Crippen molar-refractivity contribution < 1.29 is 19.4 Å². The van der Waals surface area contributed by atoms with Crippen LogP contribution < -0.4 is 9.64 Å². The highest BCUT2D eigenvalue weighted by molar-refractivity contribution is 8.01. The molecule has 1 N–H and O–H groups in total. The van der Waals surface area contributed by atoms with E-state index in [1.165, 1.54) is 16.7 Å². The molecule has 0 aliphatic carbocycles. The van der Waals surface area contributed by atoms with E-state index in [1.54, 1.807) is 31.4 Å². The monoisotopic (exact) mass is 267 g/mol. The highest BCUT2D eigenvalue weighted by Gasteiger charge is 2.31. The first-order chi connectivity index (χ1) is 8.61. The second-order valence-corrected chi connectivity index (χ2v) is 5.03. The highest BCUT2D eigenvalue weighted by Crippen LogP contribution is 2.27. The summed E-state index contributed by atoms with van der Waals surface area (Å²) in [7, 11) is 1.55. The van der Waals surface area contributed by atoms with Gasteiger partial charge in [0.05, 0.1) is 12.9 Å². The molecule has 0 spiro atoms. The molecule has 6 heteroatoms. The van der Waals surface area contributed by atoms with Gasteiger partial charge in [-0.3, -0.25) is 9.59 Å². The molecular formula is C12H13NO4S. The number of thioether (sulfide) groups is 1. The summed E-state index contributed by atoms with van der Waals surface area (Å²) in [5.41, 5.74) is 0.672. The first-order valence-corrected chi connectivity index (χ1v) is 6.45. The third kappa shape index (κ3) is 2.59. The van der Waals surface area contributed by atoms with Gasteiger partial charge < -0.3 is 14.7 Å². The topological polar surface area (TPSA) is 66.8 Å². The molecule has 0 bridgehead atoms. The Morgan fingerprint density at radius 2 is 2.33 bits per heavy atom. The number of carboxylic acids is 1. The molecule has 1 aliphatic heterocycles. The van der Waals surface area contributed by atoms with Crippen LogP contribution >= 0.6 is 11.8 Å². The number of carboxylic acid groups (broad SMARTS) is 1. The first kappa shape index (κ1) is 12.8. The number of rotatable bonds is 3. The number of carbonyl (C=O) groups excluding carboxylic acids is 1. The van der Waals surface area contributed by atoms with Crippen LogP contribution in [0.2, 0.25) is 0 Å². The predicted octanol–water partition coefficient (Wildman–Crippen LogP) is 1.23. The van der Waals surface area contributed by atoms with Gasteiger partial charge in [0.1, 0.15) is 11.0 Å². The van der Waals surface area contributed by atoms with Gasteiger partial charge >= 0.3 is 5.97 Å². The largest absolute Gasteiger partial charge is 0.497 e. The summed E-state index contributed by atoms with van der Waals surface area (Å²) in [6.45, 7) is 0.187. The van der Waals surface area contributed by atoms with Crippen molar-refractivity contribution in [1.29, 1.82) is 0 Å². The van der Waals surface area contributed by atoms with Crippen molar-refractivity contribution in [2.45, 2.75) is 5.25 Å². The Labute approximate surface area is 109 Å². The minimum absolute atomic E-state index is 0.0780. The molecule has 1 atom stereocenters. The first-order valence-electron chi connectivity index (χ1n) is 5.40. The number of anilines is 1. The van der Waals surface area contributed by atoms with E-state index >= 15 is 0 Å². The normalized spacial score (nSPS) is 19.7. The van der Waals surface area contributed by atoms with Crippen LogP contribution in [0.4, 0.5) is 5.69 Å². The maximum absolute atomic E-state index is 11.8. The molecule has 1 aromatic carbocycles. The van der Waals surface area contributed by atoms with Crippen LogP contribution in [0.5, 0.6) is 5.75 Å². The lowest BCUT2D eigenvalue weighted by Crippen LogP contribution is -2.45. The number of hydrogen-bond acceptors (Lipinski definition) is 4. The van der Waals surface area contributed by atoms with Crippen molar-refractivity contribution >= 4 is 29.3 Å². The van der Waals surface area contributed by atoms with Crippen LogP contribution in [0.1, 0.15) is 0 Å². The van der Waals surface area contributed by atoms with Crippen molar-refractivity contribution in [3.8, 4) is 5.75 Å². The van der Waals surface area contributed by atoms with Crippen LogP contribution in [0.3, 0.4) is 0 Å². The third-order valence-corrected chi connectivity index (χ3v) is 3.86. The van der Waals surface area contributed by atoms with Crippen molar-refractivity contribution in [2.75, 3.05) is 24.3 Å². The number of ether oxygens (including phenoxy) is 1. The number of benzene rings is 1. The van der Waals surface area contributed by atoms with Crippen molar-refractivity contribution in [2.24, 2.45) is 0 Å². The molecule has 1 fully saturated rings. The molecular weight excluding hydrogens is 254 g/mol. The zero-order chi connectivity index (χ0) is 13.1. The van der Waals surface area contributed by atoms with Crippen molar-refractivity contribution in [3.05, 3.63) is 24.3 Å². The summed E-state index contributed by atoms with van der Waals surface area (Å²) in [5.74, 6) is -0.134. The van der Waals surface area contributed by atoms with Gasteiger partial charge in [-0.15, -0.1) is 11.8 Å². The van der Waals surface area contributed by atoms with E-state index in [1.807, 2.05) is 0 Å². The Morgan fingerprint density at radius 3 is 3.00 bits per heavy atom. The number of hydrogen-bond donors (Lipinski definition) is 1. The number of carbonyl (C=O) groups is 2. The Morgan fingerprint density at radius 1 is 1.56 bits per heavy atom. The van der Waals surface area contributed by atoms with Gasteiger partial charge in [0.15, 0.2) is 0 Å². The van der Waals surface area contributed by atoms with E-state index in [2.05, 4.69) is 0 Å². The fraction of sp³-hybridized carbons (Fsp3) is 0.333. The lowest BCUT2D eigenvalue weighted by atomic mass is 10.2. The molecule has 1 aliphatic rings. The quantitative estimate of drug-likeness (QED) is 0.892. The summed E-state index contributed by atoms with van der Waals surface area (Å²) < 4.78 is 5.10. The Balaban J connectivity index is 2.23. The molecule has 5 nitrogen and oxygen atoms in total. The Bertz CT molecular complexity index is 477. The van der Waals surface area contributed by atoms with Gasteiger partial charge in [-0.1, -0.05) is 6.07 Å². The second-order valence-electron chi connectivity index (χ2n) is 3.84. The molecule has 1 saturated heterocycles. The van der Waals surface area contributed by atoms with Gasteiger partial charge in [0, 0.05) is 18.3 Å². The van der Waals surface area contributed by atoms with Crippen LogP contribution in [-0.4, -0.2) is 41.6 Å². The smallest absolute Gasteiger partial charge is 0.318 e. The fourth-order valence-electron chi connectivity index (χ4n) is 1.75. The minimum atomic E-state index is -0.889. The molecule has 0 aromatic heterocycles. The number of amides is 1. The average Bonchev–Trinajstić information content (AvgIpc) is 2.39. The maximum Gasteiger partial charge on any atom is 0.318 e. The van der Waals surface area contributed by atoms with Gasteiger partial charge in [-0.2, -0.15) is 0 Å². The average molecular weight is 267 g/mol. The van der Waals surface area contributed by atoms with Crippen molar-refractivity contribution in [1.82, 2.24) is 0 Å². The lowest BCUT2D eigenvalue weighted by molar-refractivity contribution is -0.136.